The topological polar surface area (TPSA) is 88.8 Å². The highest BCUT2D eigenvalue weighted by Crippen LogP contribution is 2.24. The lowest BCUT2D eigenvalue weighted by Gasteiger charge is -2.33. The second kappa shape index (κ2) is 6.26. The van der Waals surface area contributed by atoms with Crippen molar-refractivity contribution >= 4 is 11.9 Å². The molecule has 0 bridgehead atoms. The minimum absolute atomic E-state index is 0.256. The molecule has 23 heavy (non-hydrogen) atoms. The molecule has 0 atom stereocenters. The first-order valence-electron chi connectivity index (χ1n) is 7.38. The highest BCUT2D eigenvalue weighted by atomic mass is 16.5. The van der Waals surface area contributed by atoms with Gasteiger partial charge >= 0.3 is 5.97 Å². The average molecular weight is 315 g/mol. The van der Waals surface area contributed by atoms with Crippen LogP contribution >= 0.6 is 0 Å². The van der Waals surface area contributed by atoms with Gasteiger partial charge in [-0.15, -0.1) is 0 Å². The molecule has 1 aromatic carbocycles. The minimum atomic E-state index is -1.27. The molecule has 0 unspecified atom stereocenters. The van der Waals surface area contributed by atoms with Crippen LogP contribution in [0, 0.1) is 0 Å². The summed E-state index contributed by atoms with van der Waals surface area (Å²) < 4.78 is 10.5. The lowest BCUT2D eigenvalue weighted by molar-refractivity contribution is -0.148. The number of nitrogens with one attached hydrogen (secondary N) is 1. The normalized spacial score (nSPS) is 16.7. The summed E-state index contributed by atoms with van der Waals surface area (Å²) in [6.45, 7) is 0.637. The standard InChI is InChI=1S/C17H17NO5/c19-15(18-17(16(20)21)6-9-22-10-7-17)13-4-1-3-12(11-13)14-5-2-8-23-14/h1-5,8,11H,6-7,9-10H2,(H,18,19)(H,20,21). The molecule has 1 aromatic heterocycles. The van der Waals surface area contributed by atoms with E-state index in [1.165, 1.54) is 0 Å². The molecule has 0 spiro atoms. The smallest absolute Gasteiger partial charge is 0.329 e. The number of ether oxygens (including phenoxy) is 1. The first kappa shape index (κ1) is 15.3. The van der Waals surface area contributed by atoms with Gasteiger partial charge in [0.15, 0.2) is 0 Å². The fourth-order valence-corrected chi connectivity index (χ4v) is 2.66. The Hall–Kier alpha value is -2.60. The molecule has 0 aliphatic carbocycles. The molecule has 1 aliphatic heterocycles. The number of carboxylic acids is 1. The largest absolute Gasteiger partial charge is 0.480 e. The molecular weight excluding hydrogens is 298 g/mol. The highest BCUT2D eigenvalue weighted by Gasteiger charge is 2.41. The first-order valence-corrected chi connectivity index (χ1v) is 7.38. The van der Waals surface area contributed by atoms with Crippen molar-refractivity contribution in [3.05, 3.63) is 48.2 Å². The van der Waals surface area contributed by atoms with Gasteiger partial charge in [-0.2, -0.15) is 0 Å². The first-order chi connectivity index (χ1) is 11.1. The van der Waals surface area contributed by atoms with E-state index in [0.29, 0.717) is 24.5 Å². The van der Waals surface area contributed by atoms with E-state index >= 15 is 0 Å². The van der Waals surface area contributed by atoms with Gasteiger partial charge in [-0.25, -0.2) is 4.79 Å². The molecule has 2 aromatic rings. The number of amides is 1. The van der Waals surface area contributed by atoms with Crippen LogP contribution in [0.25, 0.3) is 11.3 Å². The van der Waals surface area contributed by atoms with Crippen LogP contribution in [0.4, 0.5) is 0 Å². The number of hydrogen-bond donors (Lipinski definition) is 2. The average Bonchev–Trinajstić information content (AvgIpc) is 3.10. The molecule has 2 N–H and O–H groups in total. The van der Waals surface area contributed by atoms with Gasteiger partial charge < -0.3 is 19.6 Å². The number of benzene rings is 1. The van der Waals surface area contributed by atoms with Gasteiger partial charge in [0.2, 0.25) is 0 Å². The van der Waals surface area contributed by atoms with E-state index in [0.717, 1.165) is 5.56 Å². The molecule has 1 fully saturated rings. The number of carbonyl (C=O) groups excluding carboxylic acids is 1. The van der Waals surface area contributed by atoms with Crippen LogP contribution in [0.5, 0.6) is 0 Å². The fraction of sp³-hybridized carbons (Fsp3) is 0.294. The van der Waals surface area contributed by atoms with Gasteiger partial charge in [-0.3, -0.25) is 4.79 Å². The van der Waals surface area contributed by atoms with Crippen molar-refractivity contribution in [2.45, 2.75) is 18.4 Å². The van der Waals surface area contributed by atoms with Crippen molar-refractivity contribution in [2.24, 2.45) is 0 Å². The summed E-state index contributed by atoms with van der Waals surface area (Å²) in [5.41, 5.74) is -0.110. The Morgan fingerprint density at radius 3 is 2.57 bits per heavy atom. The SMILES string of the molecule is O=C(NC1(C(=O)O)CCOCC1)c1cccc(-c2ccco2)c1. The van der Waals surface area contributed by atoms with E-state index in [2.05, 4.69) is 5.32 Å². The maximum atomic E-state index is 12.5. The zero-order chi connectivity index (χ0) is 16.3. The number of rotatable bonds is 4. The predicted molar refractivity (Wildman–Crippen MR) is 82.0 cm³/mol. The van der Waals surface area contributed by atoms with Crippen LogP contribution in [0.3, 0.4) is 0 Å². The summed E-state index contributed by atoms with van der Waals surface area (Å²) >= 11 is 0. The van der Waals surface area contributed by atoms with Gasteiger partial charge in [-0.05, 0) is 24.3 Å². The lowest BCUT2D eigenvalue weighted by atomic mass is 9.89. The Labute approximate surface area is 133 Å². The molecular formula is C17H17NO5. The molecule has 1 saturated heterocycles. The second-order valence-corrected chi connectivity index (χ2v) is 5.51. The Bertz CT molecular complexity index is 702. The summed E-state index contributed by atoms with van der Waals surface area (Å²) in [5, 5.41) is 12.2. The second-order valence-electron chi connectivity index (χ2n) is 5.51. The molecule has 6 heteroatoms. The quantitative estimate of drug-likeness (QED) is 0.904. The fourth-order valence-electron chi connectivity index (χ4n) is 2.66. The van der Waals surface area contributed by atoms with E-state index in [4.69, 9.17) is 9.15 Å². The number of aliphatic carboxylic acids is 1. The van der Waals surface area contributed by atoms with Crippen LogP contribution in [0.2, 0.25) is 0 Å². The summed E-state index contributed by atoms with van der Waals surface area (Å²) in [6, 6.07) is 10.5. The summed E-state index contributed by atoms with van der Waals surface area (Å²) in [5.74, 6) is -0.794. The maximum Gasteiger partial charge on any atom is 0.329 e. The summed E-state index contributed by atoms with van der Waals surface area (Å²) in [4.78, 5) is 24.1. The van der Waals surface area contributed by atoms with E-state index < -0.39 is 17.4 Å². The molecule has 1 amide bonds. The van der Waals surface area contributed by atoms with Crippen LogP contribution < -0.4 is 5.32 Å². The van der Waals surface area contributed by atoms with Crippen molar-refractivity contribution in [1.29, 1.82) is 0 Å². The molecule has 120 valence electrons. The molecule has 1 aliphatic rings. The molecule has 0 radical (unpaired) electrons. The van der Waals surface area contributed by atoms with Crippen molar-refractivity contribution in [2.75, 3.05) is 13.2 Å². The van der Waals surface area contributed by atoms with E-state index in [-0.39, 0.29) is 12.8 Å². The molecule has 6 nitrogen and oxygen atoms in total. The van der Waals surface area contributed by atoms with Gasteiger partial charge in [0.1, 0.15) is 11.3 Å². The van der Waals surface area contributed by atoms with Gasteiger partial charge in [0, 0.05) is 37.2 Å². The van der Waals surface area contributed by atoms with Crippen LogP contribution in [0.15, 0.2) is 47.1 Å². The Kier molecular flexibility index (Phi) is 4.16. The van der Waals surface area contributed by atoms with Crippen LogP contribution in [0.1, 0.15) is 23.2 Å². The Balaban J connectivity index is 1.83. The minimum Gasteiger partial charge on any atom is -0.480 e. The highest BCUT2D eigenvalue weighted by molar-refractivity contribution is 5.98. The van der Waals surface area contributed by atoms with Crippen molar-refractivity contribution in [3.63, 3.8) is 0 Å². The number of furan rings is 1. The van der Waals surface area contributed by atoms with Gasteiger partial charge in [0.25, 0.3) is 5.91 Å². The lowest BCUT2D eigenvalue weighted by Crippen LogP contribution is -2.57. The summed E-state index contributed by atoms with van der Waals surface area (Å²) in [6.07, 6.45) is 2.07. The molecule has 3 rings (SSSR count). The zero-order valence-corrected chi connectivity index (χ0v) is 12.5. The molecule has 2 heterocycles. The number of carboxylic acid groups (broad SMARTS) is 1. The maximum absolute atomic E-state index is 12.5. The van der Waals surface area contributed by atoms with Gasteiger partial charge in [-0.1, -0.05) is 12.1 Å². The number of carbonyl (C=O) groups is 2. The van der Waals surface area contributed by atoms with E-state index in [9.17, 15) is 14.7 Å². The zero-order valence-electron chi connectivity index (χ0n) is 12.5. The van der Waals surface area contributed by atoms with Crippen LogP contribution in [-0.2, 0) is 9.53 Å². The van der Waals surface area contributed by atoms with E-state index in [1.807, 2.05) is 6.07 Å². The van der Waals surface area contributed by atoms with Crippen molar-refractivity contribution < 1.29 is 23.8 Å². The predicted octanol–water partition coefficient (Wildman–Crippen LogP) is 2.31. The van der Waals surface area contributed by atoms with E-state index in [1.54, 1.807) is 36.6 Å². The monoisotopic (exact) mass is 315 g/mol. The van der Waals surface area contributed by atoms with Crippen molar-refractivity contribution in [1.82, 2.24) is 5.32 Å². The molecule has 0 saturated carbocycles. The number of hydrogen-bond acceptors (Lipinski definition) is 4. The van der Waals surface area contributed by atoms with Crippen LogP contribution in [-0.4, -0.2) is 35.7 Å². The Morgan fingerprint density at radius 2 is 1.91 bits per heavy atom. The third-order valence-electron chi connectivity index (χ3n) is 4.04. The summed E-state index contributed by atoms with van der Waals surface area (Å²) in [7, 11) is 0. The van der Waals surface area contributed by atoms with Gasteiger partial charge in [0.05, 0.1) is 6.26 Å². The Morgan fingerprint density at radius 1 is 1.13 bits per heavy atom. The third-order valence-corrected chi connectivity index (χ3v) is 4.04. The van der Waals surface area contributed by atoms with Crippen molar-refractivity contribution in [3.8, 4) is 11.3 Å². The third kappa shape index (κ3) is 3.12.